The Morgan fingerprint density at radius 3 is 2.77 bits per heavy atom. The molecular weight excluding hydrogens is 268 g/mol. The van der Waals surface area contributed by atoms with Crippen molar-refractivity contribution in [1.82, 2.24) is 0 Å². The third-order valence-electron chi connectivity index (χ3n) is 7.62. The van der Waals surface area contributed by atoms with E-state index < -0.39 is 0 Å². The highest BCUT2D eigenvalue weighted by Crippen LogP contribution is 2.63. The smallest absolute Gasteiger partial charge is 0.155 e. The van der Waals surface area contributed by atoms with Crippen LogP contribution in [-0.2, 0) is 4.79 Å². The zero-order valence-corrected chi connectivity index (χ0v) is 14.0. The summed E-state index contributed by atoms with van der Waals surface area (Å²) in [6.07, 6.45) is 11.9. The summed E-state index contributed by atoms with van der Waals surface area (Å²) in [4.78, 5) is 11.7. The number of carbonyl (C=O) groups excluding carboxylic acids is 1. The van der Waals surface area contributed by atoms with E-state index in [2.05, 4.69) is 18.8 Å². The van der Waals surface area contributed by atoms with Gasteiger partial charge in [0.15, 0.2) is 5.78 Å². The second-order valence-electron chi connectivity index (χ2n) is 8.37. The van der Waals surface area contributed by atoms with Gasteiger partial charge in [0.2, 0.25) is 0 Å². The Morgan fingerprint density at radius 1 is 1.09 bits per heavy atom. The van der Waals surface area contributed by atoms with Gasteiger partial charge in [0.1, 0.15) is 0 Å². The molecule has 4 rings (SSSR count). The molecule has 118 valence electrons. The summed E-state index contributed by atoms with van der Waals surface area (Å²) in [7, 11) is 0. The summed E-state index contributed by atoms with van der Waals surface area (Å²) < 4.78 is 0. The highest BCUT2D eigenvalue weighted by atomic mass is 16.1. The molecule has 1 heteroatoms. The molecule has 0 saturated heterocycles. The lowest BCUT2D eigenvalue weighted by Crippen LogP contribution is -2.46. The van der Waals surface area contributed by atoms with Gasteiger partial charge in [-0.1, -0.05) is 18.4 Å². The van der Waals surface area contributed by atoms with E-state index in [-0.39, 0.29) is 0 Å². The minimum atomic E-state index is 0.379. The number of hydrogen-bond donors (Lipinski definition) is 0. The zero-order valence-electron chi connectivity index (χ0n) is 14.0. The van der Waals surface area contributed by atoms with Crippen LogP contribution < -0.4 is 0 Å². The van der Waals surface area contributed by atoms with Crippen LogP contribution in [0.4, 0.5) is 0 Å². The van der Waals surface area contributed by atoms with Gasteiger partial charge in [0.05, 0.1) is 0 Å². The molecule has 0 N–H and O–H groups in total. The van der Waals surface area contributed by atoms with Crippen LogP contribution in [0.1, 0.15) is 65.2 Å². The minimum Gasteiger partial charge on any atom is -0.295 e. The standard InChI is InChI=1S/C21H28O/c1-3-4-15-6-10-20-19-8-5-14-13-16(22)7-9-17(14)18(19)11-12-21(15,20)2/h13,15,17-20H,5-12H2,1-2H3/t15-,17+,18-,19-,20+,21-/m1/s1. The Kier molecular flexibility index (Phi) is 3.48. The van der Waals surface area contributed by atoms with Gasteiger partial charge >= 0.3 is 0 Å². The van der Waals surface area contributed by atoms with Crippen LogP contribution in [0.25, 0.3) is 0 Å². The monoisotopic (exact) mass is 296 g/mol. The first-order chi connectivity index (χ1) is 10.6. The lowest BCUT2D eigenvalue weighted by Gasteiger charge is -2.53. The Balaban J connectivity index is 1.61. The SMILES string of the molecule is CC#C[C@@H]1CC[C@H]2[C@@H]3CCC4=CC(=O)CC[C@@H]4[C@H]3CC[C@]12C. The molecule has 22 heavy (non-hydrogen) atoms. The van der Waals surface area contributed by atoms with Crippen molar-refractivity contribution in [2.75, 3.05) is 0 Å². The maximum atomic E-state index is 11.7. The molecule has 3 saturated carbocycles. The fraction of sp³-hybridized carbons (Fsp3) is 0.762. The Hall–Kier alpha value is -1.03. The highest BCUT2D eigenvalue weighted by Gasteiger charge is 2.55. The van der Waals surface area contributed by atoms with Crippen LogP contribution in [0.2, 0.25) is 0 Å². The Labute approximate surface area is 134 Å². The minimum absolute atomic E-state index is 0.379. The maximum Gasteiger partial charge on any atom is 0.155 e. The molecule has 0 aliphatic heterocycles. The topological polar surface area (TPSA) is 17.1 Å². The number of ketones is 1. The summed E-state index contributed by atoms with van der Waals surface area (Å²) >= 11 is 0. The first-order valence-electron chi connectivity index (χ1n) is 9.29. The number of carbonyl (C=O) groups is 1. The molecule has 0 aromatic carbocycles. The molecule has 3 fully saturated rings. The van der Waals surface area contributed by atoms with E-state index in [1.54, 1.807) is 0 Å². The average molecular weight is 296 g/mol. The molecule has 0 aromatic rings. The largest absolute Gasteiger partial charge is 0.295 e. The predicted molar refractivity (Wildman–Crippen MR) is 89.0 cm³/mol. The zero-order chi connectivity index (χ0) is 15.3. The quantitative estimate of drug-likeness (QED) is 0.589. The molecule has 0 bridgehead atoms. The van der Waals surface area contributed by atoms with Crippen molar-refractivity contribution in [3.8, 4) is 11.8 Å². The van der Waals surface area contributed by atoms with E-state index in [0.717, 1.165) is 36.5 Å². The molecule has 0 amide bonds. The van der Waals surface area contributed by atoms with Gasteiger partial charge in [0.25, 0.3) is 0 Å². The van der Waals surface area contributed by atoms with Crippen molar-refractivity contribution in [3.63, 3.8) is 0 Å². The van der Waals surface area contributed by atoms with Crippen LogP contribution >= 0.6 is 0 Å². The number of allylic oxidation sites excluding steroid dienone is 1. The first-order valence-corrected chi connectivity index (χ1v) is 9.29. The fourth-order valence-electron chi connectivity index (χ4n) is 6.59. The third-order valence-corrected chi connectivity index (χ3v) is 7.62. The number of rotatable bonds is 0. The van der Waals surface area contributed by atoms with Gasteiger partial charge in [-0.2, -0.15) is 0 Å². The second-order valence-corrected chi connectivity index (χ2v) is 8.37. The molecule has 0 heterocycles. The Morgan fingerprint density at radius 2 is 1.95 bits per heavy atom. The van der Waals surface area contributed by atoms with Crippen molar-refractivity contribution in [2.45, 2.75) is 65.2 Å². The van der Waals surface area contributed by atoms with Crippen LogP contribution in [-0.4, -0.2) is 5.78 Å². The molecule has 0 unspecified atom stereocenters. The second kappa shape index (κ2) is 5.26. The van der Waals surface area contributed by atoms with E-state index in [1.165, 1.54) is 44.1 Å². The van der Waals surface area contributed by atoms with Crippen molar-refractivity contribution < 1.29 is 4.79 Å². The lowest BCUT2D eigenvalue weighted by atomic mass is 9.51. The van der Waals surface area contributed by atoms with Crippen molar-refractivity contribution in [2.24, 2.45) is 35.0 Å². The molecule has 4 aliphatic rings. The third kappa shape index (κ3) is 2.03. The van der Waals surface area contributed by atoms with Crippen LogP contribution in [0.15, 0.2) is 11.6 Å². The van der Waals surface area contributed by atoms with Gasteiger partial charge in [-0.25, -0.2) is 0 Å². The van der Waals surface area contributed by atoms with Gasteiger partial charge in [-0.05, 0) is 87.0 Å². The summed E-state index contributed by atoms with van der Waals surface area (Å²) in [5.41, 5.74) is 1.97. The van der Waals surface area contributed by atoms with Gasteiger partial charge < -0.3 is 0 Å². The fourth-order valence-corrected chi connectivity index (χ4v) is 6.59. The van der Waals surface area contributed by atoms with Crippen molar-refractivity contribution in [3.05, 3.63) is 11.6 Å². The summed E-state index contributed by atoms with van der Waals surface area (Å²) in [5.74, 6) is 11.1. The summed E-state index contributed by atoms with van der Waals surface area (Å²) in [6, 6.07) is 0. The van der Waals surface area contributed by atoms with E-state index in [0.29, 0.717) is 17.1 Å². The van der Waals surface area contributed by atoms with Crippen molar-refractivity contribution >= 4 is 5.78 Å². The van der Waals surface area contributed by atoms with E-state index in [4.69, 9.17) is 0 Å². The molecule has 6 atom stereocenters. The molecular formula is C21H28O. The van der Waals surface area contributed by atoms with Gasteiger partial charge in [0, 0.05) is 12.3 Å². The molecule has 0 radical (unpaired) electrons. The summed E-state index contributed by atoms with van der Waals surface area (Å²) in [5, 5.41) is 0. The lowest BCUT2D eigenvalue weighted by molar-refractivity contribution is -0.116. The van der Waals surface area contributed by atoms with E-state index in [1.807, 2.05) is 13.0 Å². The van der Waals surface area contributed by atoms with E-state index >= 15 is 0 Å². The predicted octanol–water partition coefficient (Wildman–Crippen LogP) is 4.77. The van der Waals surface area contributed by atoms with Gasteiger partial charge in [-0.15, -0.1) is 5.92 Å². The normalized spacial score (nSPS) is 46.7. The van der Waals surface area contributed by atoms with Crippen LogP contribution in [0, 0.1) is 46.8 Å². The molecule has 0 aromatic heterocycles. The molecule has 1 nitrogen and oxygen atoms in total. The highest BCUT2D eigenvalue weighted by molar-refractivity contribution is 5.91. The van der Waals surface area contributed by atoms with Crippen LogP contribution in [0.5, 0.6) is 0 Å². The van der Waals surface area contributed by atoms with E-state index in [9.17, 15) is 4.79 Å². The molecule has 4 aliphatic carbocycles. The van der Waals surface area contributed by atoms with Crippen molar-refractivity contribution in [1.29, 1.82) is 0 Å². The summed E-state index contributed by atoms with van der Waals surface area (Å²) in [6.45, 7) is 4.53. The van der Waals surface area contributed by atoms with Gasteiger partial charge in [-0.3, -0.25) is 4.79 Å². The number of fused-ring (bicyclic) bond motifs is 5. The molecule has 0 spiro atoms. The first kappa shape index (κ1) is 14.6. The number of hydrogen-bond acceptors (Lipinski definition) is 1. The maximum absolute atomic E-state index is 11.7. The average Bonchev–Trinajstić information content (AvgIpc) is 2.84. The Bertz CT molecular complexity index is 574. The van der Waals surface area contributed by atoms with Crippen LogP contribution in [0.3, 0.4) is 0 Å².